The van der Waals surface area contributed by atoms with E-state index in [0.717, 1.165) is 75.6 Å². The molecule has 5 heterocycles. The smallest absolute Gasteiger partial charge is 0.322 e. The van der Waals surface area contributed by atoms with Gasteiger partial charge < -0.3 is 29.8 Å². The van der Waals surface area contributed by atoms with Crippen molar-refractivity contribution < 1.29 is 23.6 Å². The van der Waals surface area contributed by atoms with Crippen molar-refractivity contribution in [2.75, 3.05) is 78.9 Å². The number of hydrogen-bond donors (Lipinski definition) is 2. The van der Waals surface area contributed by atoms with Crippen molar-refractivity contribution in [1.82, 2.24) is 20.0 Å². The number of hydrogen-bond acceptors (Lipinski definition) is 9. The van der Waals surface area contributed by atoms with Crippen LogP contribution in [0.5, 0.6) is 0 Å². The lowest BCUT2D eigenvalue weighted by Crippen LogP contribution is -2.59. The number of rotatable bonds is 7. The molecule has 5 aliphatic heterocycles. The SMILES string of the molecule is C[C@@H]1CN(c2ccc(C#N)c(Cl)c2)[C@@H](C)CN1C(=O)Nc1ccc(N2CCC(CN3CCN(c4ccc5c(c4)CN([C@H]4CCC(=O)NC4=O)C5=O)CC3)CC2)c(F)c1. The zero-order chi connectivity index (χ0) is 40.7. The first-order valence-corrected chi connectivity index (χ1v) is 20.7. The van der Waals surface area contributed by atoms with Gasteiger partial charge in [0.25, 0.3) is 5.91 Å². The molecule has 0 bridgehead atoms. The topological polar surface area (TPSA) is 136 Å². The van der Waals surface area contributed by atoms with Gasteiger partial charge in [0.1, 0.15) is 17.9 Å². The minimum atomic E-state index is -0.618. The van der Waals surface area contributed by atoms with Gasteiger partial charge in [-0.15, -0.1) is 0 Å². The van der Waals surface area contributed by atoms with Crippen molar-refractivity contribution in [2.24, 2.45) is 5.92 Å². The first-order chi connectivity index (χ1) is 27.9. The van der Waals surface area contributed by atoms with Gasteiger partial charge in [0.2, 0.25) is 11.8 Å². The summed E-state index contributed by atoms with van der Waals surface area (Å²) in [6.45, 7) is 11.6. The molecular formula is C43H49ClFN9O4. The summed E-state index contributed by atoms with van der Waals surface area (Å²) < 4.78 is 15.6. The number of nitrogens with zero attached hydrogens (tertiary/aromatic N) is 7. The van der Waals surface area contributed by atoms with Crippen LogP contribution in [0.1, 0.15) is 61.0 Å². The highest BCUT2D eigenvalue weighted by molar-refractivity contribution is 6.32. The van der Waals surface area contributed by atoms with Gasteiger partial charge in [0.05, 0.1) is 16.3 Å². The van der Waals surface area contributed by atoms with Crippen molar-refractivity contribution >= 4 is 58.1 Å². The fraction of sp³-hybridized carbons (Fsp3) is 0.465. The summed E-state index contributed by atoms with van der Waals surface area (Å²) in [5.41, 5.74) is 4.92. The van der Waals surface area contributed by atoms with E-state index in [-0.39, 0.29) is 42.2 Å². The second kappa shape index (κ2) is 16.5. The Balaban J connectivity index is 0.784. The van der Waals surface area contributed by atoms with E-state index >= 15 is 4.39 Å². The number of imide groups is 1. The Morgan fingerprint density at radius 1 is 0.879 bits per heavy atom. The Morgan fingerprint density at radius 3 is 2.34 bits per heavy atom. The molecule has 58 heavy (non-hydrogen) atoms. The summed E-state index contributed by atoms with van der Waals surface area (Å²) in [6, 6.07) is 17.4. The van der Waals surface area contributed by atoms with Crippen LogP contribution in [0.3, 0.4) is 0 Å². The number of carbonyl (C=O) groups excluding carboxylic acids is 4. The minimum Gasteiger partial charge on any atom is -0.369 e. The molecule has 0 radical (unpaired) electrons. The standard InChI is InChI=1S/C43H49ClFN9O4/c1-27-24-53(28(2)23-52(27)34-5-3-30(22-46)36(44)21-34)43(58)47-32-4-8-38(37(45)20-32)51-13-11-29(12-14-51)25-49-15-17-50(18-16-49)33-6-7-35-31(19-33)26-54(42(35)57)39-9-10-40(55)48-41(39)56/h3-8,19-21,27-29,39H,9-18,23-26H2,1-2H3,(H,47,58)(H,48,55,56)/t27-,28+,39-/m0/s1. The number of anilines is 4. The zero-order valence-corrected chi connectivity index (χ0v) is 33.7. The van der Waals surface area contributed by atoms with E-state index < -0.39 is 11.9 Å². The van der Waals surface area contributed by atoms with Gasteiger partial charge >= 0.3 is 6.03 Å². The molecule has 0 saturated carbocycles. The van der Waals surface area contributed by atoms with Crippen LogP contribution in [0.4, 0.5) is 31.9 Å². The third-order valence-electron chi connectivity index (χ3n) is 12.6. The molecule has 0 aliphatic carbocycles. The summed E-state index contributed by atoms with van der Waals surface area (Å²) >= 11 is 6.30. The lowest BCUT2D eigenvalue weighted by Gasteiger charge is -2.45. The molecule has 3 aromatic carbocycles. The minimum absolute atomic E-state index is 0.00469. The summed E-state index contributed by atoms with van der Waals surface area (Å²) in [5, 5.41) is 14.9. The van der Waals surface area contributed by atoms with Crippen molar-refractivity contribution in [3.05, 3.63) is 82.1 Å². The maximum atomic E-state index is 15.6. The van der Waals surface area contributed by atoms with E-state index in [2.05, 4.69) is 42.4 Å². The van der Waals surface area contributed by atoms with Crippen LogP contribution in [0.25, 0.3) is 0 Å². The Morgan fingerprint density at radius 2 is 1.64 bits per heavy atom. The summed E-state index contributed by atoms with van der Waals surface area (Å²) in [4.78, 5) is 63.1. The van der Waals surface area contributed by atoms with Crippen LogP contribution >= 0.6 is 11.6 Å². The number of halogens is 2. The Hall–Kier alpha value is -5.39. The van der Waals surface area contributed by atoms with E-state index in [1.54, 1.807) is 34.1 Å². The first kappa shape index (κ1) is 39.4. The summed E-state index contributed by atoms with van der Waals surface area (Å²) in [5.74, 6) is -0.677. The van der Waals surface area contributed by atoms with Gasteiger partial charge in [-0.25, -0.2) is 9.18 Å². The molecule has 13 nitrogen and oxygen atoms in total. The third-order valence-corrected chi connectivity index (χ3v) is 12.9. The number of nitriles is 1. The second-order valence-corrected chi connectivity index (χ2v) is 16.7. The molecule has 4 saturated heterocycles. The fourth-order valence-corrected chi connectivity index (χ4v) is 9.46. The largest absolute Gasteiger partial charge is 0.369 e. The first-order valence-electron chi connectivity index (χ1n) is 20.3. The molecule has 0 aromatic heterocycles. The van der Waals surface area contributed by atoms with Gasteiger partial charge in [0.15, 0.2) is 0 Å². The number of amides is 5. The normalized spacial score (nSPS) is 23.2. The monoisotopic (exact) mass is 809 g/mol. The number of benzene rings is 3. The highest BCUT2D eigenvalue weighted by atomic mass is 35.5. The molecule has 5 amide bonds. The highest BCUT2D eigenvalue weighted by Gasteiger charge is 2.39. The Bertz CT molecular complexity index is 2150. The quantitative estimate of drug-likeness (QED) is 0.306. The molecule has 3 aromatic rings. The van der Waals surface area contributed by atoms with Crippen LogP contribution in [0.2, 0.25) is 5.02 Å². The van der Waals surface area contributed by atoms with Gasteiger partial charge in [-0.3, -0.25) is 24.6 Å². The molecule has 0 spiro atoms. The lowest BCUT2D eigenvalue weighted by molar-refractivity contribution is -0.136. The molecule has 0 unspecified atom stereocenters. The van der Waals surface area contributed by atoms with Crippen LogP contribution in [-0.4, -0.2) is 115 Å². The van der Waals surface area contributed by atoms with Crippen molar-refractivity contribution in [3.8, 4) is 6.07 Å². The maximum absolute atomic E-state index is 15.6. The van der Waals surface area contributed by atoms with Crippen LogP contribution in [-0.2, 0) is 16.1 Å². The number of nitrogens with one attached hydrogen (secondary N) is 2. The second-order valence-electron chi connectivity index (χ2n) is 16.3. The maximum Gasteiger partial charge on any atom is 0.322 e. The van der Waals surface area contributed by atoms with Crippen molar-refractivity contribution in [1.29, 1.82) is 5.26 Å². The van der Waals surface area contributed by atoms with E-state index in [9.17, 15) is 24.4 Å². The Labute approximate surface area is 343 Å². The number of piperazine rings is 2. The van der Waals surface area contributed by atoms with Gasteiger partial charge in [-0.1, -0.05) is 11.6 Å². The molecule has 304 valence electrons. The number of fused-ring (bicyclic) bond motifs is 1. The zero-order valence-electron chi connectivity index (χ0n) is 32.9. The van der Waals surface area contributed by atoms with Crippen molar-refractivity contribution in [3.63, 3.8) is 0 Å². The average molecular weight is 810 g/mol. The van der Waals surface area contributed by atoms with Crippen LogP contribution < -0.4 is 25.3 Å². The van der Waals surface area contributed by atoms with E-state index in [0.29, 0.717) is 59.5 Å². The highest BCUT2D eigenvalue weighted by Crippen LogP contribution is 2.33. The van der Waals surface area contributed by atoms with Crippen molar-refractivity contribution in [2.45, 2.75) is 64.2 Å². The molecule has 4 fully saturated rings. The number of urea groups is 1. The summed E-state index contributed by atoms with van der Waals surface area (Å²) in [7, 11) is 0. The van der Waals surface area contributed by atoms with Crippen LogP contribution in [0, 0.1) is 23.1 Å². The van der Waals surface area contributed by atoms with Crippen LogP contribution in [0.15, 0.2) is 54.6 Å². The predicted octanol–water partition coefficient (Wildman–Crippen LogP) is 5.28. The number of carbonyl (C=O) groups is 4. The third kappa shape index (κ3) is 8.02. The molecule has 15 heteroatoms. The predicted molar refractivity (Wildman–Crippen MR) is 221 cm³/mol. The summed E-state index contributed by atoms with van der Waals surface area (Å²) in [6.07, 6.45) is 2.53. The van der Waals surface area contributed by atoms with Gasteiger partial charge in [-0.05, 0) is 99.2 Å². The van der Waals surface area contributed by atoms with Gasteiger partial charge in [0, 0.05) is 107 Å². The van der Waals surface area contributed by atoms with E-state index in [4.69, 9.17) is 11.6 Å². The number of piperidine rings is 2. The van der Waals surface area contributed by atoms with Gasteiger partial charge in [-0.2, -0.15) is 5.26 Å². The average Bonchev–Trinajstić information content (AvgIpc) is 3.54. The Kier molecular flexibility index (Phi) is 11.2. The molecular weight excluding hydrogens is 761 g/mol. The molecule has 5 aliphatic rings. The fourth-order valence-electron chi connectivity index (χ4n) is 9.25. The molecule has 3 atom stereocenters. The molecule has 8 rings (SSSR count). The van der Waals surface area contributed by atoms with E-state index in [1.165, 1.54) is 6.07 Å². The molecule has 2 N–H and O–H groups in total. The van der Waals surface area contributed by atoms with E-state index in [1.807, 2.05) is 32.0 Å². The lowest BCUT2D eigenvalue weighted by atomic mass is 9.95.